The van der Waals surface area contributed by atoms with Gasteiger partial charge < -0.3 is 9.80 Å². The number of nitrogens with zero attached hydrogens (tertiary/aromatic N) is 4. The molecule has 1 aromatic carbocycles. The molecule has 1 amide bonds. The van der Waals surface area contributed by atoms with Crippen molar-refractivity contribution in [3.05, 3.63) is 38.4 Å². The number of hydrogen-bond acceptors (Lipinski definition) is 6. The van der Waals surface area contributed by atoms with Crippen LogP contribution in [0.1, 0.15) is 25.7 Å². The topological polar surface area (TPSA) is 110 Å². The first-order valence-corrected chi connectivity index (χ1v) is 8.41. The number of carbonyl (C=O) groups is 1. The van der Waals surface area contributed by atoms with E-state index in [-0.39, 0.29) is 29.5 Å². The third-order valence-electron chi connectivity index (χ3n) is 4.98. The van der Waals surface area contributed by atoms with Gasteiger partial charge in [-0.3, -0.25) is 25.0 Å². The predicted octanol–water partition coefficient (Wildman–Crippen LogP) is 2.34. The largest absolute Gasteiger partial charge is 0.355 e. The van der Waals surface area contributed by atoms with Gasteiger partial charge in [-0.15, -0.1) is 0 Å². The lowest BCUT2D eigenvalue weighted by atomic mass is 10.1. The summed E-state index contributed by atoms with van der Waals surface area (Å²) in [5, 5.41) is 22.1. The van der Waals surface area contributed by atoms with Crippen LogP contribution in [-0.2, 0) is 4.79 Å². The first kappa shape index (κ1) is 17.1. The van der Waals surface area contributed by atoms with Crippen LogP contribution < -0.4 is 4.90 Å². The van der Waals surface area contributed by atoms with Gasteiger partial charge in [-0.25, -0.2) is 0 Å². The van der Waals surface area contributed by atoms with E-state index >= 15 is 0 Å². The van der Waals surface area contributed by atoms with Crippen molar-refractivity contribution < 1.29 is 14.6 Å². The van der Waals surface area contributed by atoms with Gasteiger partial charge in [0.25, 0.3) is 11.4 Å². The summed E-state index contributed by atoms with van der Waals surface area (Å²) in [6, 6.07) is 3.54. The third-order valence-corrected chi connectivity index (χ3v) is 4.98. The summed E-state index contributed by atoms with van der Waals surface area (Å²) in [7, 11) is 0. The van der Waals surface area contributed by atoms with E-state index in [2.05, 4.69) is 0 Å². The lowest BCUT2D eigenvalue weighted by Gasteiger charge is -2.36. The van der Waals surface area contributed by atoms with Gasteiger partial charge in [0.05, 0.1) is 22.5 Å². The minimum Gasteiger partial charge on any atom is -0.355 e. The van der Waals surface area contributed by atoms with Gasteiger partial charge in [0.2, 0.25) is 5.91 Å². The highest BCUT2D eigenvalue weighted by molar-refractivity contribution is 5.84. The fourth-order valence-electron chi connectivity index (χ4n) is 3.65. The van der Waals surface area contributed by atoms with E-state index in [1.54, 1.807) is 4.90 Å². The molecule has 0 spiro atoms. The van der Waals surface area contributed by atoms with Crippen LogP contribution in [0.5, 0.6) is 0 Å². The summed E-state index contributed by atoms with van der Waals surface area (Å²) in [6.45, 7) is 1.82. The number of nitro groups is 2. The molecule has 2 aliphatic rings. The minimum atomic E-state index is -0.665. The van der Waals surface area contributed by atoms with Gasteiger partial charge in [-0.1, -0.05) is 12.8 Å². The maximum atomic E-state index is 12.4. The summed E-state index contributed by atoms with van der Waals surface area (Å²) in [6.07, 6.45) is 4.74. The second-order valence-electron chi connectivity index (χ2n) is 6.60. The summed E-state index contributed by atoms with van der Waals surface area (Å²) in [5.41, 5.74) is -0.419. The van der Waals surface area contributed by atoms with Crippen LogP contribution in [0.3, 0.4) is 0 Å². The Morgan fingerprint density at radius 2 is 1.80 bits per heavy atom. The highest BCUT2D eigenvalue weighted by Crippen LogP contribution is 2.33. The number of anilines is 1. The quantitative estimate of drug-likeness (QED) is 0.596. The van der Waals surface area contributed by atoms with Gasteiger partial charge in [0.1, 0.15) is 5.69 Å². The predicted molar refractivity (Wildman–Crippen MR) is 90.5 cm³/mol. The fourth-order valence-corrected chi connectivity index (χ4v) is 3.65. The van der Waals surface area contributed by atoms with E-state index in [9.17, 15) is 25.0 Å². The monoisotopic (exact) mass is 348 g/mol. The Bertz CT molecular complexity index is 702. The van der Waals surface area contributed by atoms with Crippen LogP contribution in [0.25, 0.3) is 0 Å². The molecule has 0 N–H and O–H groups in total. The standard InChI is InChI=1S/C16H20N4O5/c21-16-11-17(7-8-18(16)10-12-3-1-2-4-12)14-6-5-13(19(22)23)9-15(14)20(24)25/h5-6,9,12H,1-4,7-8,10-11H2. The Morgan fingerprint density at radius 1 is 1.08 bits per heavy atom. The molecule has 25 heavy (non-hydrogen) atoms. The second kappa shape index (κ2) is 7.04. The van der Waals surface area contributed by atoms with Gasteiger partial charge in [0, 0.05) is 25.7 Å². The zero-order valence-electron chi connectivity index (χ0n) is 13.8. The molecule has 1 saturated carbocycles. The molecule has 1 heterocycles. The van der Waals surface area contributed by atoms with Gasteiger partial charge in [-0.05, 0) is 24.8 Å². The minimum absolute atomic E-state index is 0.0502. The molecule has 0 radical (unpaired) electrons. The molecule has 0 bridgehead atoms. The Balaban J connectivity index is 1.74. The van der Waals surface area contributed by atoms with Crippen molar-refractivity contribution in [3.63, 3.8) is 0 Å². The maximum Gasteiger partial charge on any atom is 0.299 e. The number of hydrogen-bond donors (Lipinski definition) is 0. The Kier molecular flexibility index (Phi) is 4.82. The molecule has 3 rings (SSSR count). The van der Waals surface area contributed by atoms with Crippen LogP contribution in [0, 0.1) is 26.1 Å². The number of carbonyl (C=O) groups excluding carboxylic acids is 1. The van der Waals surface area contributed by atoms with Crippen molar-refractivity contribution in [2.45, 2.75) is 25.7 Å². The molecule has 0 atom stereocenters. The molecule has 9 nitrogen and oxygen atoms in total. The fraction of sp³-hybridized carbons (Fsp3) is 0.562. The SMILES string of the molecule is O=C1CN(c2ccc([N+](=O)[O-])cc2[N+](=O)[O-])CCN1CC1CCCC1. The molecule has 1 saturated heterocycles. The Hall–Kier alpha value is -2.71. The lowest BCUT2D eigenvalue weighted by Crippen LogP contribution is -2.51. The van der Waals surface area contributed by atoms with E-state index in [1.165, 1.54) is 25.0 Å². The molecule has 9 heteroatoms. The molecule has 1 aliphatic heterocycles. The zero-order valence-corrected chi connectivity index (χ0v) is 13.8. The number of nitro benzene ring substituents is 2. The average Bonchev–Trinajstić information content (AvgIpc) is 3.09. The summed E-state index contributed by atoms with van der Waals surface area (Å²) >= 11 is 0. The van der Waals surface area contributed by atoms with Crippen LogP contribution >= 0.6 is 0 Å². The normalized spacial score (nSPS) is 18.6. The van der Waals surface area contributed by atoms with E-state index in [4.69, 9.17) is 0 Å². The maximum absolute atomic E-state index is 12.4. The zero-order chi connectivity index (χ0) is 18.0. The van der Waals surface area contributed by atoms with E-state index in [0.29, 0.717) is 19.0 Å². The van der Waals surface area contributed by atoms with Crippen molar-refractivity contribution >= 4 is 23.0 Å². The number of benzene rings is 1. The van der Waals surface area contributed by atoms with Crippen molar-refractivity contribution in [1.82, 2.24) is 4.90 Å². The van der Waals surface area contributed by atoms with Crippen LogP contribution in [0.15, 0.2) is 18.2 Å². The van der Waals surface area contributed by atoms with Crippen LogP contribution in [0.2, 0.25) is 0 Å². The van der Waals surface area contributed by atoms with Gasteiger partial charge >= 0.3 is 0 Å². The summed E-state index contributed by atoms with van der Waals surface area (Å²) < 4.78 is 0. The van der Waals surface area contributed by atoms with Crippen molar-refractivity contribution in [3.8, 4) is 0 Å². The molecular formula is C16H20N4O5. The first-order chi connectivity index (χ1) is 12.0. The van der Waals surface area contributed by atoms with Gasteiger partial charge in [0.15, 0.2) is 0 Å². The molecule has 2 fully saturated rings. The van der Waals surface area contributed by atoms with E-state index in [1.807, 2.05) is 4.90 Å². The number of amides is 1. The van der Waals surface area contributed by atoms with Crippen molar-refractivity contribution in [1.29, 1.82) is 0 Å². The molecular weight excluding hydrogens is 328 g/mol. The Morgan fingerprint density at radius 3 is 2.40 bits per heavy atom. The molecule has 134 valence electrons. The third kappa shape index (κ3) is 3.70. The van der Waals surface area contributed by atoms with E-state index < -0.39 is 9.85 Å². The van der Waals surface area contributed by atoms with E-state index in [0.717, 1.165) is 25.5 Å². The first-order valence-electron chi connectivity index (χ1n) is 8.41. The highest BCUT2D eigenvalue weighted by Gasteiger charge is 2.31. The van der Waals surface area contributed by atoms with Crippen LogP contribution in [-0.4, -0.2) is 46.8 Å². The highest BCUT2D eigenvalue weighted by atomic mass is 16.6. The summed E-state index contributed by atoms with van der Waals surface area (Å²) in [4.78, 5) is 36.7. The van der Waals surface area contributed by atoms with Gasteiger partial charge in [-0.2, -0.15) is 0 Å². The van der Waals surface area contributed by atoms with Crippen molar-refractivity contribution in [2.75, 3.05) is 31.1 Å². The molecule has 0 unspecified atom stereocenters. The number of rotatable bonds is 5. The second-order valence-corrected chi connectivity index (χ2v) is 6.60. The van der Waals surface area contributed by atoms with Crippen molar-refractivity contribution in [2.24, 2.45) is 5.92 Å². The molecule has 1 aliphatic carbocycles. The molecule has 0 aromatic heterocycles. The Labute approximate surface area is 144 Å². The molecule has 1 aromatic rings. The number of piperazine rings is 1. The lowest BCUT2D eigenvalue weighted by molar-refractivity contribution is -0.393. The number of non-ortho nitro benzene ring substituents is 1. The smallest absolute Gasteiger partial charge is 0.299 e. The summed E-state index contributed by atoms with van der Waals surface area (Å²) in [5.74, 6) is 0.509. The average molecular weight is 348 g/mol. The van der Waals surface area contributed by atoms with Crippen LogP contribution in [0.4, 0.5) is 17.1 Å².